The Kier molecular flexibility index (Phi) is 4.93. The van der Waals surface area contributed by atoms with Crippen molar-refractivity contribution >= 4 is 16.6 Å². The molecule has 7 heteroatoms. The molecule has 68 valence electrons. The Balaban J connectivity index is 0.000000217. The van der Waals surface area contributed by atoms with Gasteiger partial charge in [0.25, 0.3) is 0 Å². The first-order chi connectivity index (χ1) is 5.50. The molecule has 0 saturated heterocycles. The minimum atomic E-state index is -4.67. The molecule has 0 saturated carbocycles. The fourth-order valence-electron chi connectivity index (χ4n) is 0.342. The first kappa shape index (κ1) is 10.8. The zero-order valence-corrected chi connectivity index (χ0v) is 6.77. The lowest BCUT2D eigenvalue weighted by molar-refractivity contribution is 0.381. The standard InChI is InChI=1S/C5H6N2.H2O4S/c1-2-4-6-7-5-3-1;1-5(2,3)4/h1-6H;(H2,1,2,3,4). The molecule has 1 aliphatic heterocycles. The van der Waals surface area contributed by atoms with Gasteiger partial charge < -0.3 is 0 Å². The molecule has 3 N–H and O–H groups in total. The molecule has 0 bridgehead atoms. The van der Waals surface area contributed by atoms with Crippen molar-refractivity contribution in [3.05, 3.63) is 24.4 Å². The summed E-state index contributed by atoms with van der Waals surface area (Å²) in [5.74, 6) is 0. The van der Waals surface area contributed by atoms with Crippen molar-refractivity contribution in [1.82, 2.24) is 5.43 Å². The molecular weight excluding hydrogens is 184 g/mol. The van der Waals surface area contributed by atoms with E-state index in [-0.39, 0.29) is 0 Å². The predicted molar refractivity (Wildman–Crippen MR) is 44.1 cm³/mol. The predicted octanol–water partition coefficient (Wildman–Crippen LogP) is -0.00750. The highest BCUT2D eigenvalue weighted by atomic mass is 32.3. The fraction of sp³-hybridized carbons (Fsp3) is 0. The maximum absolute atomic E-state index is 8.74. The Morgan fingerprint density at radius 1 is 1.17 bits per heavy atom. The third-order valence-electron chi connectivity index (χ3n) is 0.628. The van der Waals surface area contributed by atoms with Gasteiger partial charge in [0.2, 0.25) is 0 Å². The van der Waals surface area contributed by atoms with Crippen LogP contribution >= 0.6 is 0 Å². The van der Waals surface area contributed by atoms with E-state index in [1.54, 1.807) is 12.4 Å². The second kappa shape index (κ2) is 5.47. The molecule has 1 aliphatic rings. The van der Waals surface area contributed by atoms with E-state index < -0.39 is 10.4 Å². The van der Waals surface area contributed by atoms with Crippen molar-refractivity contribution in [2.75, 3.05) is 0 Å². The summed E-state index contributed by atoms with van der Waals surface area (Å²) in [6.45, 7) is 0. The van der Waals surface area contributed by atoms with Crippen molar-refractivity contribution in [3.63, 3.8) is 0 Å². The van der Waals surface area contributed by atoms with Crippen LogP contribution in [0.5, 0.6) is 0 Å². The van der Waals surface area contributed by atoms with Crippen LogP contribution < -0.4 is 5.43 Å². The van der Waals surface area contributed by atoms with Crippen molar-refractivity contribution < 1.29 is 17.5 Å². The van der Waals surface area contributed by atoms with Gasteiger partial charge in [-0.2, -0.15) is 13.5 Å². The van der Waals surface area contributed by atoms with E-state index >= 15 is 0 Å². The van der Waals surface area contributed by atoms with Gasteiger partial charge in [0.05, 0.1) is 0 Å². The SMILES string of the molecule is C1=CC=NNC=C1.O=S(=O)(O)O. The summed E-state index contributed by atoms with van der Waals surface area (Å²) >= 11 is 0. The Bertz CT molecular complexity index is 269. The normalized spacial score (nSPS) is 14.2. The zero-order valence-electron chi connectivity index (χ0n) is 5.95. The highest BCUT2D eigenvalue weighted by molar-refractivity contribution is 7.79. The number of hydrazone groups is 1. The van der Waals surface area contributed by atoms with E-state index in [1.165, 1.54) is 0 Å². The second-order valence-electron chi connectivity index (χ2n) is 1.60. The third kappa shape index (κ3) is 15.9. The van der Waals surface area contributed by atoms with Crippen LogP contribution in [-0.4, -0.2) is 23.7 Å². The fourth-order valence-corrected chi connectivity index (χ4v) is 0.342. The smallest absolute Gasteiger partial charge is 0.286 e. The van der Waals surface area contributed by atoms with Crippen molar-refractivity contribution in [3.8, 4) is 0 Å². The minimum Gasteiger partial charge on any atom is -0.286 e. The maximum Gasteiger partial charge on any atom is 0.394 e. The second-order valence-corrected chi connectivity index (χ2v) is 2.49. The van der Waals surface area contributed by atoms with Gasteiger partial charge in [-0.3, -0.25) is 14.5 Å². The minimum absolute atomic E-state index is 1.69. The van der Waals surface area contributed by atoms with Crippen LogP contribution in [0.4, 0.5) is 0 Å². The van der Waals surface area contributed by atoms with Crippen LogP contribution in [0.3, 0.4) is 0 Å². The number of nitrogens with zero attached hydrogens (tertiary/aromatic N) is 1. The van der Waals surface area contributed by atoms with Crippen LogP contribution in [0.2, 0.25) is 0 Å². The van der Waals surface area contributed by atoms with Gasteiger partial charge >= 0.3 is 10.4 Å². The average Bonchev–Trinajstić information content (AvgIpc) is 2.10. The van der Waals surface area contributed by atoms with Gasteiger partial charge in [-0.05, 0) is 12.2 Å². The summed E-state index contributed by atoms with van der Waals surface area (Å²) in [4.78, 5) is 0. The van der Waals surface area contributed by atoms with Gasteiger partial charge in [-0.1, -0.05) is 6.08 Å². The quantitative estimate of drug-likeness (QED) is 0.469. The van der Waals surface area contributed by atoms with Crippen LogP contribution in [-0.2, 0) is 10.4 Å². The van der Waals surface area contributed by atoms with Crippen LogP contribution in [0, 0.1) is 0 Å². The lowest BCUT2D eigenvalue weighted by Gasteiger charge is -1.78. The van der Waals surface area contributed by atoms with Crippen LogP contribution in [0.1, 0.15) is 0 Å². The first-order valence-electron chi connectivity index (χ1n) is 2.80. The maximum atomic E-state index is 8.74. The Morgan fingerprint density at radius 2 is 1.75 bits per heavy atom. The molecule has 0 aromatic carbocycles. The molecule has 0 aromatic rings. The Morgan fingerprint density at radius 3 is 2.33 bits per heavy atom. The molecule has 0 fully saturated rings. The number of nitrogens with one attached hydrogen (secondary N) is 1. The average molecular weight is 192 g/mol. The molecule has 0 atom stereocenters. The van der Waals surface area contributed by atoms with E-state index in [9.17, 15) is 0 Å². The molecule has 1 rings (SSSR count). The Labute approximate surface area is 69.9 Å². The molecule has 0 amide bonds. The van der Waals surface area contributed by atoms with Crippen LogP contribution in [0.25, 0.3) is 0 Å². The summed E-state index contributed by atoms with van der Waals surface area (Å²) < 4.78 is 31.6. The number of hydrogen-bond donors (Lipinski definition) is 3. The summed E-state index contributed by atoms with van der Waals surface area (Å²) in [6.07, 6.45) is 9.10. The molecule has 0 radical (unpaired) electrons. The Hall–Kier alpha value is -1.18. The summed E-state index contributed by atoms with van der Waals surface area (Å²) in [5, 5.41) is 3.72. The number of rotatable bonds is 0. The number of hydrogen-bond acceptors (Lipinski definition) is 4. The van der Waals surface area contributed by atoms with E-state index in [1.807, 2.05) is 18.2 Å². The molecule has 0 aromatic heterocycles. The topological polar surface area (TPSA) is 99.0 Å². The van der Waals surface area contributed by atoms with Crippen molar-refractivity contribution in [2.24, 2.45) is 5.10 Å². The van der Waals surface area contributed by atoms with Gasteiger partial charge in [-0.25, -0.2) is 0 Å². The monoisotopic (exact) mass is 192 g/mol. The van der Waals surface area contributed by atoms with Crippen molar-refractivity contribution in [2.45, 2.75) is 0 Å². The largest absolute Gasteiger partial charge is 0.394 e. The van der Waals surface area contributed by atoms with E-state index in [0.29, 0.717) is 0 Å². The lowest BCUT2D eigenvalue weighted by Crippen LogP contribution is -1.89. The van der Waals surface area contributed by atoms with E-state index in [4.69, 9.17) is 17.5 Å². The summed E-state index contributed by atoms with van der Waals surface area (Å²) in [7, 11) is -4.67. The summed E-state index contributed by atoms with van der Waals surface area (Å²) in [5.41, 5.74) is 2.67. The highest BCUT2D eigenvalue weighted by Crippen LogP contribution is 1.76. The zero-order chi connectivity index (χ0) is 9.45. The molecule has 0 aliphatic carbocycles. The van der Waals surface area contributed by atoms with Gasteiger partial charge in [0.1, 0.15) is 0 Å². The van der Waals surface area contributed by atoms with E-state index in [2.05, 4.69) is 10.5 Å². The van der Waals surface area contributed by atoms with Crippen molar-refractivity contribution in [1.29, 1.82) is 0 Å². The van der Waals surface area contributed by atoms with Gasteiger partial charge in [-0.15, -0.1) is 0 Å². The molecule has 0 spiro atoms. The highest BCUT2D eigenvalue weighted by Gasteiger charge is 1.84. The molecule has 6 nitrogen and oxygen atoms in total. The van der Waals surface area contributed by atoms with Gasteiger partial charge in [0, 0.05) is 12.4 Å². The van der Waals surface area contributed by atoms with Crippen LogP contribution in [0.15, 0.2) is 29.5 Å². The van der Waals surface area contributed by atoms with E-state index in [0.717, 1.165) is 0 Å². The molecule has 1 heterocycles. The number of allylic oxidation sites excluding steroid dienone is 3. The summed E-state index contributed by atoms with van der Waals surface area (Å²) in [6, 6.07) is 0. The molecular formula is C5H8N2O4S. The first-order valence-corrected chi connectivity index (χ1v) is 4.20. The lowest BCUT2D eigenvalue weighted by atomic mass is 10.5. The van der Waals surface area contributed by atoms with Gasteiger partial charge in [0.15, 0.2) is 0 Å². The molecule has 0 unspecified atom stereocenters. The third-order valence-corrected chi connectivity index (χ3v) is 0.628. The molecule has 12 heavy (non-hydrogen) atoms.